The lowest BCUT2D eigenvalue weighted by Gasteiger charge is -2.26. The average molecular weight is 382 g/mol. The summed E-state index contributed by atoms with van der Waals surface area (Å²) in [5.41, 5.74) is 0. The maximum absolute atomic E-state index is 12.6. The number of sulfonamides is 1. The van der Waals surface area contributed by atoms with Gasteiger partial charge in [0.15, 0.2) is 9.84 Å². The van der Waals surface area contributed by atoms with Crippen LogP contribution in [0.1, 0.15) is 13.3 Å². The van der Waals surface area contributed by atoms with Crippen LogP contribution in [0.25, 0.3) is 0 Å². The molecule has 0 amide bonds. The van der Waals surface area contributed by atoms with Gasteiger partial charge in [0, 0.05) is 17.1 Å². The summed E-state index contributed by atoms with van der Waals surface area (Å²) in [4.78, 5) is 0.179. The third kappa shape index (κ3) is 3.24. The summed E-state index contributed by atoms with van der Waals surface area (Å²) in [6.45, 7) is 1.98. The molecule has 20 heavy (non-hydrogen) atoms. The lowest BCUT2D eigenvalue weighted by atomic mass is 10.3. The maximum Gasteiger partial charge on any atom is 0.243 e. The highest BCUT2D eigenvalue weighted by Crippen LogP contribution is 2.26. The first-order valence-corrected chi connectivity index (χ1v) is 10.3. The van der Waals surface area contributed by atoms with Gasteiger partial charge in [-0.1, -0.05) is 28.9 Å². The lowest BCUT2D eigenvalue weighted by molar-refractivity contribution is 0.354. The molecule has 1 fully saturated rings. The molecule has 8 heteroatoms. The third-order valence-electron chi connectivity index (χ3n) is 3.33. The van der Waals surface area contributed by atoms with E-state index in [9.17, 15) is 16.8 Å². The molecule has 112 valence electrons. The fraction of sp³-hybridized carbons (Fsp3) is 0.500. The van der Waals surface area contributed by atoms with E-state index in [2.05, 4.69) is 15.9 Å². The highest BCUT2D eigenvalue weighted by Gasteiger charge is 2.37. The van der Waals surface area contributed by atoms with E-state index < -0.39 is 25.9 Å². The molecule has 2 rings (SSSR count). The van der Waals surface area contributed by atoms with Crippen LogP contribution in [0.2, 0.25) is 0 Å². The second-order valence-corrected chi connectivity index (χ2v) is 9.76. The molecule has 1 aliphatic heterocycles. The van der Waals surface area contributed by atoms with Crippen molar-refractivity contribution in [3.63, 3.8) is 0 Å². The second-order valence-electron chi connectivity index (χ2n) is 4.72. The van der Waals surface area contributed by atoms with Crippen molar-refractivity contribution in [1.82, 2.24) is 4.31 Å². The van der Waals surface area contributed by atoms with Crippen molar-refractivity contribution in [1.29, 1.82) is 0 Å². The molecule has 0 spiro atoms. The van der Waals surface area contributed by atoms with Crippen molar-refractivity contribution >= 4 is 35.8 Å². The van der Waals surface area contributed by atoms with Crippen LogP contribution in [0, 0.1) is 0 Å². The fourth-order valence-electron chi connectivity index (χ4n) is 2.39. The molecule has 0 aromatic heterocycles. The molecule has 1 aromatic carbocycles. The summed E-state index contributed by atoms with van der Waals surface area (Å²) in [5, 5.41) is 0. The summed E-state index contributed by atoms with van der Waals surface area (Å²) in [6, 6.07) is 5.98. The molecule has 5 nitrogen and oxygen atoms in total. The van der Waals surface area contributed by atoms with E-state index in [1.165, 1.54) is 16.4 Å². The molecule has 1 saturated heterocycles. The van der Waals surface area contributed by atoms with Gasteiger partial charge in [-0.25, -0.2) is 16.8 Å². The highest BCUT2D eigenvalue weighted by molar-refractivity contribution is 9.10. The topological polar surface area (TPSA) is 71.5 Å². The largest absolute Gasteiger partial charge is 0.243 e. The molecule has 1 aromatic rings. The smallest absolute Gasteiger partial charge is 0.229 e. The first kappa shape index (κ1) is 15.9. The van der Waals surface area contributed by atoms with Gasteiger partial charge >= 0.3 is 0 Å². The normalized spacial score (nSPS) is 22.2. The predicted molar refractivity (Wildman–Crippen MR) is 80.8 cm³/mol. The average Bonchev–Trinajstić information content (AvgIpc) is 2.70. The van der Waals surface area contributed by atoms with E-state index in [-0.39, 0.29) is 22.9 Å². The van der Waals surface area contributed by atoms with Crippen molar-refractivity contribution in [2.75, 3.05) is 18.1 Å². The van der Waals surface area contributed by atoms with E-state index >= 15 is 0 Å². The van der Waals surface area contributed by atoms with Crippen LogP contribution >= 0.6 is 15.9 Å². The van der Waals surface area contributed by atoms with Gasteiger partial charge < -0.3 is 0 Å². The Morgan fingerprint density at radius 3 is 2.60 bits per heavy atom. The number of nitrogens with zero attached hydrogens (tertiary/aromatic N) is 1. The Labute approximate surface area is 128 Å². The number of halogens is 1. The number of hydrogen-bond acceptors (Lipinski definition) is 4. The molecule has 1 atom stereocenters. The van der Waals surface area contributed by atoms with Crippen molar-refractivity contribution in [3.05, 3.63) is 28.7 Å². The van der Waals surface area contributed by atoms with E-state index in [1.54, 1.807) is 19.1 Å². The minimum absolute atomic E-state index is 0.0577. The molecule has 0 radical (unpaired) electrons. The Hall–Kier alpha value is -0.440. The molecule has 0 N–H and O–H groups in total. The van der Waals surface area contributed by atoms with Gasteiger partial charge in [0.05, 0.1) is 16.4 Å². The minimum Gasteiger partial charge on any atom is -0.229 e. The Morgan fingerprint density at radius 2 is 2.10 bits per heavy atom. The lowest BCUT2D eigenvalue weighted by Crippen LogP contribution is -2.40. The van der Waals surface area contributed by atoms with Gasteiger partial charge in [-0.3, -0.25) is 0 Å². The number of benzene rings is 1. The molecule has 0 saturated carbocycles. The van der Waals surface area contributed by atoms with Gasteiger partial charge in [-0.2, -0.15) is 4.31 Å². The first-order valence-electron chi connectivity index (χ1n) is 6.24. The zero-order valence-corrected chi connectivity index (χ0v) is 14.2. The zero-order chi connectivity index (χ0) is 15.0. The van der Waals surface area contributed by atoms with Crippen molar-refractivity contribution in [2.24, 2.45) is 0 Å². The van der Waals surface area contributed by atoms with Crippen LogP contribution in [-0.2, 0) is 19.9 Å². The molecule has 0 bridgehead atoms. The predicted octanol–water partition coefficient (Wildman–Crippen LogP) is 1.65. The van der Waals surface area contributed by atoms with Crippen LogP contribution in [-0.4, -0.2) is 45.2 Å². The molecule has 1 heterocycles. The molecule has 1 aliphatic rings. The SMILES string of the molecule is CCN([C@H]1CCS(=O)(=O)C1)S(=O)(=O)c1cccc(Br)c1. The van der Waals surface area contributed by atoms with Crippen molar-refractivity contribution < 1.29 is 16.8 Å². The standard InChI is InChI=1S/C12H16BrNO4S2/c1-2-14(11-6-7-19(15,16)9-11)20(17,18)12-5-3-4-10(13)8-12/h3-5,8,11H,2,6-7,9H2,1H3/t11-/m0/s1. The second kappa shape index (κ2) is 5.75. The fourth-order valence-corrected chi connectivity index (χ4v) is 6.48. The number of sulfone groups is 1. The zero-order valence-electron chi connectivity index (χ0n) is 11.0. The van der Waals surface area contributed by atoms with Gasteiger partial charge in [0.1, 0.15) is 0 Å². The Morgan fingerprint density at radius 1 is 1.40 bits per heavy atom. The third-order valence-corrected chi connectivity index (χ3v) is 7.60. The van der Waals surface area contributed by atoms with E-state index in [4.69, 9.17) is 0 Å². The van der Waals surface area contributed by atoms with E-state index in [0.717, 1.165) is 0 Å². The van der Waals surface area contributed by atoms with Gasteiger partial charge in [0.25, 0.3) is 0 Å². The van der Waals surface area contributed by atoms with Crippen LogP contribution in [0.15, 0.2) is 33.6 Å². The number of hydrogen-bond donors (Lipinski definition) is 0. The van der Waals surface area contributed by atoms with Crippen LogP contribution in [0.3, 0.4) is 0 Å². The molecular formula is C12H16BrNO4S2. The Bertz CT molecular complexity index is 700. The van der Waals surface area contributed by atoms with Crippen LogP contribution in [0.4, 0.5) is 0 Å². The Kier molecular flexibility index (Phi) is 4.58. The molecular weight excluding hydrogens is 366 g/mol. The van der Waals surface area contributed by atoms with Crippen LogP contribution < -0.4 is 0 Å². The molecule has 0 unspecified atom stereocenters. The minimum atomic E-state index is -3.67. The quantitative estimate of drug-likeness (QED) is 0.794. The summed E-state index contributed by atoms with van der Waals surface area (Å²) < 4.78 is 50.3. The summed E-state index contributed by atoms with van der Waals surface area (Å²) in [7, 11) is -6.78. The summed E-state index contributed by atoms with van der Waals surface area (Å²) in [6.07, 6.45) is 0.364. The van der Waals surface area contributed by atoms with E-state index in [0.29, 0.717) is 10.9 Å². The monoisotopic (exact) mass is 381 g/mol. The van der Waals surface area contributed by atoms with Crippen molar-refractivity contribution in [3.8, 4) is 0 Å². The highest BCUT2D eigenvalue weighted by atomic mass is 79.9. The summed E-state index contributed by atoms with van der Waals surface area (Å²) >= 11 is 3.25. The van der Waals surface area contributed by atoms with Gasteiger partial charge in [-0.05, 0) is 24.6 Å². The van der Waals surface area contributed by atoms with Crippen molar-refractivity contribution in [2.45, 2.75) is 24.3 Å². The van der Waals surface area contributed by atoms with Gasteiger partial charge in [0.2, 0.25) is 10.0 Å². The summed E-state index contributed by atoms with van der Waals surface area (Å²) in [5.74, 6) is -0.0315. The maximum atomic E-state index is 12.6. The number of rotatable bonds is 4. The molecule has 0 aliphatic carbocycles. The Balaban J connectivity index is 2.36. The van der Waals surface area contributed by atoms with Crippen LogP contribution in [0.5, 0.6) is 0 Å². The first-order chi connectivity index (χ1) is 9.26. The van der Waals surface area contributed by atoms with E-state index in [1.807, 2.05) is 0 Å². The van der Waals surface area contributed by atoms with Gasteiger partial charge in [-0.15, -0.1) is 0 Å².